The molecule has 1 aromatic heterocycles. The topological polar surface area (TPSA) is 50.3 Å². The highest BCUT2D eigenvalue weighted by Gasteiger charge is 2.27. The number of hydrogen-bond acceptors (Lipinski definition) is 6. The van der Waals surface area contributed by atoms with Crippen molar-refractivity contribution in [2.24, 2.45) is 0 Å². The Morgan fingerprint density at radius 2 is 1.85 bits per heavy atom. The molecule has 4 rings (SSSR count). The van der Waals surface area contributed by atoms with Gasteiger partial charge in [-0.05, 0) is 68.8 Å². The van der Waals surface area contributed by atoms with Crippen LogP contribution in [0.4, 0.5) is 15.9 Å². The van der Waals surface area contributed by atoms with Crippen LogP contribution in [0.15, 0.2) is 59.5 Å². The molecule has 1 saturated heterocycles. The molecule has 1 N–H and O–H groups in total. The molecule has 0 atom stereocenters. The first-order valence-electron chi connectivity index (χ1n) is 11.5. The van der Waals surface area contributed by atoms with Crippen molar-refractivity contribution < 1.29 is 9.13 Å². The Kier molecular flexibility index (Phi) is 7.50. The van der Waals surface area contributed by atoms with E-state index in [2.05, 4.69) is 61.3 Å². The van der Waals surface area contributed by atoms with Gasteiger partial charge in [-0.3, -0.25) is 0 Å². The lowest BCUT2D eigenvalue weighted by Gasteiger charge is -2.26. The van der Waals surface area contributed by atoms with Crippen molar-refractivity contribution in [2.45, 2.75) is 43.3 Å². The van der Waals surface area contributed by atoms with E-state index in [-0.39, 0.29) is 10.6 Å². The number of benzene rings is 2. The maximum atomic E-state index is 13.4. The van der Waals surface area contributed by atoms with Gasteiger partial charge in [-0.1, -0.05) is 13.3 Å². The average molecular weight is 467 g/mol. The third-order valence-corrected chi connectivity index (χ3v) is 6.82. The molecule has 0 bridgehead atoms. The number of ether oxygens (including phenoxy) is 1. The van der Waals surface area contributed by atoms with Crippen LogP contribution in [0.1, 0.15) is 39.3 Å². The summed E-state index contributed by atoms with van der Waals surface area (Å²) in [6.07, 6.45) is 2.31. The molecule has 1 fully saturated rings. The van der Waals surface area contributed by atoms with E-state index >= 15 is 0 Å². The van der Waals surface area contributed by atoms with Gasteiger partial charge in [0.05, 0.1) is 17.0 Å². The van der Waals surface area contributed by atoms with E-state index in [0.717, 1.165) is 47.2 Å². The van der Waals surface area contributed by atoms with Crippen molar-refractivity contribution in [1.29, 1.82) is 0 Å². The van der Waals surface area contributed by atoms with Crippen molar-refractivity contribution in [2.75, 3.05) is 36.6 Å². The summed E-state index contributed by atoms with van der Waals surface area (Å²) in [7, 11) is 0. The summed E-state index contributed by atoms with van der Waals surface area (Å²) in [6, 6.07) is 17.0. The standard InChI is InChI=1S/C26H31FN4OS/c1-4-5-14-28-21-10-6-19(7-11-21)25-29-23(17-24(30-25)31-15-16-32-18-31)26(2,3)33-22-12-8-20(27)9-13-22/h6-13,17,28H,4-5,14-16,18H2,1-3H3. The molecule has 2 heterocycles. The monoisotopic (exact) mass is 466 g/mol. The molecular formula is C26H31FN4OS. The van der Waals surface area contributed by atoms with Gasteiger partial charge in [0.25, 0.3) is 0 Å². The molecule has 2 aromatic carbocycles. The lowest BCUT2D eigenvalue weighted by Crippen LogP contribution is -2.23. The molecule has 0 aliphatic carbocycles. The molecule has 33 heavy (non-hydrogen) atoms. The molecule has 5 nitrogen and oxygen atoms in total. The zero-order chi connectivity index (χ0) is 23.3. The number of nitrogens with one attached hydrogen (secondary N) is 1. The number of thioether (sulfide) groups is 1. The Morgan fingerprint density at radius 1 is 1.09 bits per heavy atom. The highest BCUT2D eigenvalue weighted by atomic mass is 32.2. The maximum absolute atomic E-state index is 13.4. The molecule has 3 aromatic rings. The van der Waals surface area contributed by atoms with Crippen LogP contribution < -0.4 is 10.2 Å². The van der Waals surface area contributed by atoms with E-state index in [1.54, 1.807) is 11.8 Å². The van der Waals surface area contributed by atoms with Gasteiger partial charge in [0.1, 0.15) is 18.4 Å². The quantitative estimate of drug-likeness (QED) is 0.294. The third-order valence-electron chi connectivity index (χ3n) is 5.60. The van der Waals surface area contributed by atoms with Crippen molar-refractivity contribution in [3.8, 4) is 11.4 Å². The number of nitrogens with zero attached hydrogens (tertiary/aromatic N) is 3. The fraction of sp³-hybridized carbons (Fsp3) is 0.385. The number of halogens is 1. The number of aromatic nitrogens is 2. The Balaban J connectivity index is 1.65. The van der Waals surface area contributed by atoms with Gasteiger partial charge >= 0.3 is 0 Å². The molecule has 1 aliphatic rings. The summed E-state index contributed by atoms with van der Waals surface area (Å²) >= 11 is 1.66. The van der Waals surface area contributed by atoms with Crippen LogP contribution in [0.25, 0.3) is 11.4 Å². The van der Waals surface area contributed by atoms with Crippen molar-refractivity contribution in [1.82, 2.24) is 9.97 Å². The fourth-order valence-corrected chi connectivity index (χ4v) is 4.70. The van der Waals surface area contributed by atoms with E-state index in [1.807, 2.05) is 12.1 Å². The fourth-order valence-electron chi connectivity index (χ4n) is 3.62. The second-order valence-corrected chi connectivity index (χ2v) is 10.4. The minimum atomic E-state index is -0.341. The van der Waals surface area contributed by atoms with Gasteiger partial charge in [0, 0.05) is 35.3 Å². The van der Waals surface area contributed by atoms with Crippen LogP contribution >= 0.6 is 11.8 Å². The van der Waals surface area contributed by atoms with E-state index in [4.69, 9.17) is 14.7 Å². The summed E-state index contributed by atoms with van der Waals surface area (Å²) in [4.78, 5) is 13.0. The average Bonchev–Trinajstić information content (AvgIpc) is 3.36. The molecule has 1 aliphatic heterocycles. The molecular weight excluding hydrogens is 435 g/mol. The first-order valence-corrected chi connectivity index (χ1v) is 12.3. The molecule has 7 heteroatoms. The Labute approximate surface area is 199 Å². The number of anilines is 2. The Morgan fingerprint density at radius 3 is 2.52 bits per heavy atom. The van der Waals surface area contributed by atoms with Gasteiger partial charge in [-0.25, -0.2) is 14.4 Å². The van der Waals surface area contributed by atoms with E-state index in [9.17, 15) is 4.39 Å². The van der Waals surface area contributed by atoms with Crippen molar-refractivity contribution in [3.05, 3.63) is 66.1 Å². The molecule has 0 unspecified atom stereocenters. The van der Waals surface area contributed by atoms with Crippen LogP contribution in [0.2, 0.25) is 0 Å². The molecule has 0 saturated carbocycles. The maximum Gasteiger partial charge on any atom is 0.161 e. The lowest BCUT2D eigenvalue weighted by molar-refractivity contribution is 0.201. The minimum absolute atomic E-state index is 0.231. The first kappa shape index (κ1) is 23.5. The van der Waals surface area contributed by atoms with Gasteiger partial charge in [0.15, 0.2) is 5.82 Å². The van der Waals surface area contributed by atoms with E-state index in [1.165, 1.54) is 18.6 Å². The highest BCUT2D eigenvalue weighted by molar-refractivity contribution is 8.00. The largest absolute Gasteiger partial charge is 0.385 e. The number of unbranched alkanes of at least 4 members (excludes halogenated alkanes) is 1. The molecule has 0 amide bonds. The zero-order valence-corrected chi connectivity index (χ0v) is 20.3. The Hall–Kier alpha value is -2.64. The van der Waals surface area contributed by atoms with Crippen LogP contribution in [0, 0.1) is 5.82 Å². The van der Waals surface area contributed by atoms with Crippen molar-refractivity contribution >= 4 is 23.3 Å². The molecule has 174 valence electrons. The second kappa shape index (κ2) is 10.5. The van der Waals surface area contributed by atoms with Crippen molar-refractivity contribution in [3.63, 3.8) is 0 Å². The second-order valence-electron chi connectivity index (χ2n) is 8.66. The predicted octanol–water partition coefficient (Wildman–Crippen LogP) is 6.32. The summed E-state index contributed by atoms with van der Waals surface area (Å²) in [5.41, 5.74) is 3.00. The van der Waals surface area contributed by atoms with Crippen LogP contribution in [0.5, 0.6) is 0 Å². The summed E-state index contributed by atoms with van der Waals surface area (Å²) in [5, 5.41) is 3.45. The molecule has 0 radical (unpaired) electrons. The predicted molar refractivity (Wildman–Crippen MR) is 134 cm³/mol. The van der Waals surface area contributed by atoms with Gasteiger partial charge in [-0.15, -0.1) is 11.8 Å². The third kappa shape index (κ3) is 6.03. The van der Waals surface area contributed by atoms with Crippen LogP contribution in [-0.2, 0) is 9.48 Å². The number of rotatable bonds is 9. The van der Waals surface area contributed by atoms with Gasteiger partial charge < -0.3 is 15.0 Å². The van der Waals surface area contributed by atoms with Crippen LogP contribution in [-0.4, -0.2) is 36.4 Å². The number of hydrogen-bond donors (Lipinski definition) is 1. The highest BCUT2D eigenvalue weighted by Crippen LogP contribution is 2.41. The Bertz CT molecular complexity index is 1050. The van der Waals surface area contributed by atoms with Gasteiger partial charge in [-0.2, -0.15) is 0 Å². The smallest absolute Gasteiger partial charge is 0.161 e. The normalized spacial score (nSPS) is 14.0. The lowest BCUT2D eigenvalue weighted by atomic mass is 10.1. The van der Waals surface area contributed by atoms with Gasteiger partial charge in [0.2, 0.25) is 0 Å². The minimum Gasteiger partial charge on any atom is -0.385 e. The summed E-state index contributed by atoms with van der Waals surface area (Å²) in [5.74, 6) is 1.33. The first-order chi connectivity index (χ1) is 15.9. The SMILES string of the molecule is CCCCNc1ccc(-c2nc(N3CCOC3)cc(C(C)(C)Sc3ccc(F)cc3)n2)cc1. The van der Waals surface area contributed by atoms with E-state index < -0.39 is 0 Å². The van der Waals surface area contributed by atoms with E-state index in [0.29, 0.717) is 19.2 Å². The summed E-state index contributed by atoms with van der Waals surface area (Å²) < 4.78 is 18.6. The molecule has 0 spiro atoms. The van der Waals surface area contributed by atoms with Crippen LogP contribution in [0.3, 0.4) is 0 Å². The summed E-state index contributed by atoms with van der Waals surface area (Å²) in [6.45, 7) is 9.46. The zero-order valence-electron chi connectivity index (χ0n) is 19.5.